The van der Waals surface area contributed by atoms with E-state index in [4.69, 9.17) is 16.6 Å². The summed E-state index contributed by atoms with van der Waals surface area (Å²) in [6.45, 7) is 3.90. The molecule has 9 heteroatoms. The molecule has 8 nitrogen and oxygen atoms in total. The zero-order chi connectivity index (χ0) is 27.0. The standard InChI is InChI=1S/C29H21N3O5S/c1-18-11-12-22(15-19(18)2)31-28(34)25(27(33)30(29(31)38)21-8-4-3-5-9-21)17-24-13-14-26(37-24)20-7-6-10-23(16-20)32(35)36/h3-17H,1-2H3/b25-17+. The number of non-ortho nitro benzene ring substituents is 1. The molecule has 2 amide bonds. The predicted octanol–water partition coefficient (Wildman–Crippen LogP) is 6.22. The highest BCUT2D eigenvalue weighted by Crippen LogP contribution is 2.32. The molecule has 0 bridgehead atoms. The van der Waals surface area contributed by atoms with Gasteiger partial charge in [0.1, 0.15) is 17.1 Å². The van der Waals surface area contributed by atoms with Crippen molar-refractivity contribution in [3.63, 3.8) is 0 Å². The molecule has 1 saturated heterocycles. The molecule has 3 aromatic carbocycles. The Morgan fingerprint density at radius 2 is 1.53 bits per heavy atom. The van der Waals surface area contributed by atoms with Crippen molar-refractivity contribution in [1.82, 2.24) is 0 Å². The zero-order valence-electron chi connectivity index (χ0n) is 20.5. The van der Waals surface area contributed by atoms with E-state index in [1.54, 1.807) is 54.6 Å². The number of benzene rings is 3. The fourth-order valence-electron chi connectivity index (χ4n) is 4.13. The number of hydrogen-bond acceptors (Lipinski definition) is 6. The number of nitrogens with zero attached hydrogens (tertiary/aromatic N) is 3. The molecule has 5 rings (SSSR count). The SMILES string of the molecule is Cc1ccc(N2C(=O)/C(=C/c3ccc(-c4cccc([N+](=O)[O-])c4)o3)C(=O)N(c3ccccc3)C2=S)cc1C. The second kappa shape index (κ2) is 9.87. The number of nitro groups is 1. The second-order valence-electron chi connectivity index (χ2n) is 8.74. The van der Waals surface area contributed by atoms with Gasteiger partial charge in [0.2, 0.25) is 0 Å². The molecule has 0 atom stereocenters. The molecule has 0 radical (unpaired) electrons. The summed E-state index contributed by atoms with van der Waals surface area (Å²) in [5.41, 5.74) is 3.37. The molecule has 0 unspecified atom stereocenters. The summed E-state index contributed by atoms with van der Waals surface area (Å²) < 4.78 is 5.87. The Morgan fingerprint density at radius 1 is 0.816 bits per heavy atom. The van der Waals surface area contributed by atoms with Crippen LogP contribution in [0.3, 0.4) is 0 Å². The fraction of sp³-hybridized carbons (Fsp3) is 0.0690. The monoisotopic (exact) mass is 523 g/mol. The predicted molar refractivity (Wildman–Crippen MR) is 149 cm³/mol. The lowest BCUT2D eigenvalue weighted by atomic mass is 10.1. The van der Waals surface area contributed by atoms with Crippen molar-refractivity contribution >= 4 is 52.3 Å². The van der Waals surface area contributed by atoms with E-state index in [-0.39, 0.29) is 22.1 Å². The number of anilines is 2. The average Bonchev–Trinajstić information content (AvgIpc) is 3.38. The number of furan rings is 1. The topological polar surface area (TPSA) is 96.9 Å². The molecular formula is C29H21N3O5S. The summed E-state index contributed by atoms with van der Waals surface area (Å²) in [5, 5.41) is 11.2. The number of carbonyl (C=O) groups excluding carboxylic acids is 2. The van der Waals surface area contributed by atoms with Crippen LogP contribution < -0.4 is 9.80 Å². The lowest BCUT2D eigenvalue weighted by Gasteiger charge is -2.36. The van der Waals surface area contributed by atoms with Gasteiger partial charge < -0.3 is 4.42 Å². The van der Waals surface area contributed by atoms with E-state index in [2.05, 4.69) is 0 Å². The van der Waals surface area contributed by atoms with Gasteiger partial charge in [-0.25, -0.2) is 0 Å². The maximum Gasteiger partial charge on any atom is 0.270 e. The van der Waals surface area contributed by atoms with Crippen LogP contribution in [0.4, 0.5) is 17.1 Å². The molecule has 38 heavy (non-hydrogen) atoms. The van der Waals surface area contributed by atoms with Crippen LogP contribution in [0.5, 0.6) is 0 Å². The van der Waals surface area contributed by atoms with Crippen molar-refractivity contribution in [2.45, 2.75) is 13.8 Å². The van der Waals surface area contributed by atoms with Gasteiger partial charge in [0, 0.05) is 17.7 Å². The van der Waals surface area contributed by atoms with Crippen molar-refractivity contribution < 1.29 is 18.9 Å². The Kier molecular flexibility index (Phi) is 6.44. The molecule has 0 spiro atoms. The van der Waals surface area contributed by atoms with Crippen LogP contribution >= 0.6 is 12.2 Å². The number of nitro benzene ring substituents is 1. The van der Waals surface area contributed by atoms with Crippen molar-refractivity contribution in [2.24, 2.45) is 0 Å². The van der Waals surface area contributed by atoms with Crippen LogP contribution in [-0.4, -0.2) is 21.9 Å². The highest BCUT2D eigenvalue weighted by atomic mass is 32.1. The first kappa shape index (κ1) is 24.8. The van der Waals surface area contributed by atoms with Gasteiger partial charge in [0.05, 0.1) is 16.3 Å². The maximum atomic E-state index is 13.7. The Hall–Kier alpha value is -4.89. The van der Waals surface area contributed by atoms with Crippen molar-refractivity contribution in [3.05, 3.63) is 118 Å². The first-order chi connectivity index (χ1) is 18.2. The van der Waals surface area contributed by atoms with Crippen LogP contribution in [0, 0.1) is 24.0 Å². The summed E-state index contributed by atoms with van der Waals surface area (Å²) in [6, 6.07) is 23.6. The molecule has 4 aromatic rings. The third-order valence-electron chi connectivity index (χ3n) is 6.27. The number of carbonyl (C=O) groups is 2. The quantitative estimate of drug-likeness (QED) is 0.101. The van der Waals surface area contributed by atoms with E-state index in [0.717, 1.165) is 11.1 Å². The second-order valence-corrected chi connectivity index (χ2v) is 9.10. The molecule has 1 aromatic heterocycles. The number of rotatable bonds is 5. The van der Waals surface area contributed by atoms with Gasteiger partial charge in [0.15, 0.2) is 5.11 Å². The highest BCUT2D eigenvalue weighted by Gasteiger charge is 2.41. The summed E-state index contributed by atoms with van der Waals surface area (Å²) in [4.78, 5) is 40.7. The highest BCUT2D eigenvalue weighted by molar-refractivity contribution is 7.81. The van der Waals surface area contributed by atoms with Crippen LogP contribution in [0.2, 0.25) is 0 Å². The first-order valence-electron chi connectivity index (χ1n) is 11.7. The minimum absolute atomic E-state index is 0.0448. The Bertz CT molecular complexity index is 1640. The largest absolute Gasteiger partial charge is 0.457 e. The van der Waals surface area contributed by atoms with E-state index in [1.807, 2.05) is 32.0 Å². The average molecular weight is 524 g/mol. The molecule has 1 aliphatic heterocycles. The zero-order valence-corrected chi connectivity index (χ0v) is 21.3. The van der Waals surface area contributed by atoms with Gasteiger partial charge in [-0.1, -0.05) is 36.4 Å². The van der Waals surface area contributed by atoms with Crippen LogP contribution in [-0.2, 0) is 9.59 Å². The van der Waals surface area contributed by atoms with Gasteiger partial charge in [0.25, 0.3) is 17.5 Å². The molecule has 0 N–H and O–H groups in total. The summed E-state index contributed by atoms with van der Waals surface area (Å²) in [7, 11) is 0. The molecule has 1 aliphatic rings. The van der Waals surface area contributed by atoms with Crippen LogP contribution in [0.1, 0.15) is 16.9 Å². The van der Waals surface area contributed by atoms with Crippen LogP contribution in [0.25, 0.3) is 17.4 Å². The van der Waals surface area contributed by atoms with Crippen LogP contribution in [0.15, 0.2) is 94.9 Å². The van der Waals surface area contributed by atoms with Gasteiger partial charge in [-0.05, 0) is 79.7 Å². The molecule has 2 heterocycles. The lowest BCUT2D eigenvalue weighted by molar-refractivity contribution is -0.384. The van der Waals surface area contributed by atoms with E-state index in [9.17, 15) is 19.7 Å². The minimum atomic E-state index is -0.584. The minimum Gasteiger partial charge on any atom is -0.457 e. The third kappa shape index (κ3) is 4.51. The summed E-state index contributed by atoms with van der Waals surface area (Å²) in [5.74, 6) is -0.565. The Labute approximate surface area is 223 Å². The number of hydrogen-bond donors (Lipinski definition) is 0. The molecule has 0 saturated carbocycles. The van der Waals surface area contributed by atoms with Gasteiger partial charge in [-0.15, -0.1) is 0 Å². The molecule has 188 valence electrons. The van der Waals surface area contributed by atoms with E-state index in [1.165, 1.54) is 28.0 Å². The number of aryl methyl sites for hydroxylation is 2. The Balaban J connectivity index is 1.59. The first-order valence-corrected chi connectivity index (χ1v) is 12.1. The van der Waals surface area contributed by atoms with E-state index >= 15 is 0 Å². The van der Waals surface area contributed by atoms with E-state index in [0.29, 0.717) is 22.7 Å². The van der Waals surface area contributed by atoms with Gasteiger partial charge in [-0.3, -0.25) is 29.5 Å². The lowest BCUT2D eigenvalue weighted by Crippen LogP contribution is -2.57. The van der Waals surface area contributed by atoms with E-state index < -0.39 is 16.7 Å². The summed E-state index contributed by atoms with van der Waals surface area (Å²) >= 11 is 5.67. The van der Waals surface area contributed by atoms with Gasteiger partial charge >= 0.3 is 0 Å². The number of thiocarbonyl (C=S) groups is 1. The third-order valence-corrected chi connectivity index (χ3v) is 6.63. The normalized spacial score (nSPS) is 14.9. The molecule has 1 fully saturated rings. The summed E-state index contributed by atoms with van der Waals surface area (Å²) in [6.07, 6.45) is 1.37. The molecule has 0 aliphatic carbocycles. The fourth-order valence-corrected chi connectivity index (χ4v) is 4.50. The Morgan fingerprint density at radius 3 is 2.21 bits per heavy atom. The van der Waals surface area contributed by atoms with Crippen molar-refractivity contribution in [1.29, 1.82) is 0 Å². The molecular weight excluding hydrogens is 502 g/mol. The van der Waals surface area contributed by atoms with Crippen molar-refractivity contribution in [3.8, 4) is 11.3 Å². The van der Waals surface area contributed by atoms with Gasteiger partial charge in [-0.2, -0.15) is 0 Å². The maximum absolute atomic E-state index is 13.7. The smallest absolute Gasteiger partial charge is 0.270 e. The number of amides is 2. The number of para-hydroxylation sites is 1. The van der Waals surface area contributed by atoms with Crippen molar-refractivity contribution in [2.75, 3.05) is 9.80 Å².